The molecule has 2 nitrogen and oxygen atoms in total. The highest BCUT2D eigenvalue weighted by Gasteiger charge is 2.21. The molecule has 1 unspecified atom stereocenters. The van der Waals surface area contributed by atoms with Gasteiger partial charge < -0.3 is 10.2 Å². The second-order valence-electron chi connectivity index (χ2n) is 5.11. The molecule has 0 aromatic heterocycles. The van der Waals surface area contributed by atoms with Crippen LogP contribution in [-0.4, -0.2) is 19.6 Å². The largest absolute Gasteiger partial charge is 0.371 e. The summed E-state index contributed by atoms with van der Waals surface area (Å²) in [5.41, 5.74) is 2.07. The van der Waals surface area contributed by atoms with Gasteiger partial charge in [0.15, 0.2) is 0 Å². The highest BCUT2D eigenvalue weighted by Crippen LogP contribution is 2.27. The molecule has 0 amide bonds. The summed E-state index contributed by atoms with van der Waals surface area (Å²) in [5.74, 6) is 0.644. The molecule has 0 bridgehead atoms. The van der Waals surface area contributed by atoms with Crippen molar-refractivity contribution in [1.82, 2.24) is 5.32 Å². The molecule has 0 spiro atoms. The number of hydrogen-bond donors (Lipinski definition) is 1. The van der Waals surface area contributed by atoms with Crippen molar-refractivity contribution in [3.05, 3.63) is 29.6 Å². The molecule has 100 valence electrons. The number of hydrogen-bond acceptors (Lipinski definition) is 2. The van der Waals surface area contributed by atoms with Crippen LogP contribution in [0.1, 0.15) is 32.3 Å². The lowest BCUT2D eigenvalue weighted by Crippen LogP contribution is -2.20. The van der Waals surface area contributed by atoms with Crippen molar-refractivity contribution >= 4 is 5.69 Å². The van der Waals surface area contributed by atoms with Gasteiger partial charge in [-0.05, 0) is 42.6 Å². The van der Waals surface area contributed by atoms with E-state index in [1.807, 2.05) is 0 Å². The van der Waals surface area contributed by atoms with Crippen molar-refractivity contribution < 1.29 is 4.39 Å². The topological polar surface area (TPSA) is 15.3 Å². The molecule has 1 heterocycles. The molecule has 0 aliphatic carbocycles. The summed E-state index contributed by atoms with van der Waals surface area (Å²) in [6, 6.07) is 5.40. The first-order chi connectivity index (χ1) is 8.72. The third kappa shape index (κ3) is 3.22. The predicted octanol–water partition coefficient (Wildman–Crippen LogP) is 3.17. The van der Waals surface area contributed by atoms with Gasteiger partial charge in [0, 0.05) is 25.3 Å². The second-order valence-corrected chi connectivity index (χ2v) is 5.11. The van der Waals surface area contributed by atoms with Crippen LogP contribution in [-0.2, 0) is 6.54 Å². The van der Waals surface area contributed by atoms with Gasteiger partial charge in [-0.2, -0.15) is 0 Å². The summed E-state index contributed by atoms with van der Waals surface area (Å²) >= 11 is 0. The Labute approximate surface area is 109 Å². The quantitative estimate of drug-likeness (QED) is 0.863. The number of halogens is 1. The van der Waals surface area contributed by atoms with Crippen molar-refractivity contribution in [2.24, 2.45) is 5.92 Å². The summed E-state index contributed by atoms with van der Waals surface area (Å²) < 4.78 is 13.6. The number of rotatable bonds is 5. The number of nitrogens with one attached hydrogen (secondary N) is 1. The van der Waals surface area contributed by atoms with E-state index in [0.29, 0.717) is 0 Å². The Bertz CT molecular complexity index is 392. The summed E-state index contributed by atoms with van der Waals surface area (Å²) in [5, 5.41) is 3.24. The zero-order valence-electron chi connectivity index (χ0n) is 11.4. The first kappa shape index (κ1) is 13.3. The Hall–Kier alpha value is -1.09. The van der Waals surface area contributed by atoms with E-state index >= 15 is 0 Å². The van der Waals surface area contributed by atoms with Crippen LogP contribution in [0.5, 0.6) is 0 Å². The van der Waals surface area contributed by atoms with E-state index in [1.54, 1.807) is 12.1 Å². The maximum Gasteiger partial charge on any atom is 0.125 e. The van der Waals surface area contributed by atoms with Crippen LogP contribution in [0.3, 0.4) is 0 Å². The highest BCUT2D eigenvalue weighted by atomic mass is 19.1. The number of anilines is 1. The van der Waals surface area contributed by atoms with Crippen LogP contribution in [0.25, 0.3) is 0 Å². The molecule has 0 saturated carbocycles. The van der Waals surface area contributed by atoms with Gasteiger partial charge in [-0.15, -0.1) is 0 Å². The monoisotopic (exact) mass is 250 g/mol. The highest BCUT2D eigenvalue weighted by molar-refractivity contribution is 5.50. The molecule has 18 heavy (non-hydrogen) atoms. The smallest absolute Gasteiger partial charge is 0.125 e. The normalized spacial score (nSPS) is 19.5. The molecule has 1 aliphatic heterocycles. The third-order valence-corrected chi connectivity index (χ3v) is 3.75. The molecule has 1 aromatic rings. The molecule has 1 aromatic carbocycles. The second kappa shape index (κ2) is 6.19. The first-order valence-corrected chi connectivity index (χ1v) is 6.98. The summed E-state index contributed by atoms with van der Waals surface area (Å²) in [6.07, 6.45) is 2.45. The molecule has 1 aliphatic rings. The standard InChI is InChI=1S/C15H23FN2/c1-3-12-5-6-18(11-12)15-8-13(10-17-4-2)7-14(16)9-15/h7-9,12,17H,3-6,10-11H2,1-2H3. The van der Waals surface area contributed by atoms with Gasteiger partial charge in [-0.1, -0.05) is 20.3 Å². The van der Waals surface area contributed by atoms with E-state index in [-0.39, 0.29) is 5.82 Å². The molecule has 1 atom stereocenters. The van der Waals surface area contributed by atoms with E-state index in [0.717, 1.165) is 43.3 Å². The van der Waals surface area contributed by atoms with E-state index in [4.69, 9.17) is 0 Å². The number of nitrogens with zero attached hydrogens (tertiary/aromatic N) is 1. The maximum atomic E-state index is 13.6. The molecular formula is C15H23FN2. The molecule has 3 heteroatoms. The van der Waals surface area contributed by atoms with Gasteiger partial charge in [0.05, 0.1) is 0 Å². The molecule has 0 radical (unpaired) electrons. The SMILES string of the molecule is CCNCc1cc(F)cc(N2CCC(CC)C2)c1. The first-order valence-electron chi connectivity index (χ1n) is 6.98. The number of benzene rings is 1. The van der Waals surface area contributed by atoms with Crippen LogP contribution < -0.4 is 10.2 Å². The van der Waals surface area contributed by atoms with Gasteiger partial charge in [0.1, 0.15) is 5.82 Å². The van der Waals surface area contributed by atoms with E-state index < -0.39 is 0 Å². The maximum absolute atomic E-state index is 13.6. The van der Waals surface area contributed by atoms with Crippen molar-refractivity contribution in [3.63, 3.8) is 0 Å². The Balaban J connectivity index is 2.10. The lowest BCUT2D eigenvalue weighted by atomic mass is 10.1. The zero-order chi connectivity index (χ0) is 13.0. The minimum Gasteiger partial charge on any atom is -0.371 e. The van der Waals surface area contributed by atoms with Crippen LogP contribution in [0, 0.1) is 11.7 Å². The van der Waals surface area contributed by atoms with Crippen LogP contribution in [0.15, 0.2) is 18.2 Å². The van der Waals surface area contributed by atoms with E-state index in [9.17, 15) is 4.39 Å². The predicted molar refractivity (Wildman–Crippen MR) is 74.4 cm³/mol. The average molecular weight is 250 g/mol. The van der Waals surface area contributed by atoms with Crippen molar-refractivity contribution in [2.75, 3.05) is 24.5 Å². The van der Waals surface area contributed by atoms with Crippen molar-refractivity contribution in [3.8, 4) is 0 Å². The Morgan fingerprint density at radius 1 is 1.33 bits per heavy atom. The lowest BCUT2D eigenvalue weighted by molar-refractivity contribution is 0.568. The van der Waals surface area contributed by atoms with Gasteiger partial charge in [0.25, 0.3) is 0 Å². The fourth-order valence-electron chi connectivity index (χ4n) is 2.59. The van der Waals surface area contributed by atoms with Crippen LogP contribution in [0.4, 0.5) is 10.1 Å². The van der Waals surface area contributed by atoms with E-state index in [1.165, 1.54) is 12.8 Å². The minimum atomic E-state index is -0.125. The van der Waals surface area contributed by atoms with Gasteiger partial charge in [-0.3, -0.25) is 0 Å². The molecule has 1 fully saturated rings. The minimum absolute atomic E-state index is 0.125. The molecule has 2 rings (SSSR count). The average Bonchev–Trinajstić information content (AvgIpc) is 2.84. The fourth-order valence-corrected chi connectivity index (χ4v) is 2.59. The molecule has 1 saturated heterocycles. The Morgan fingerprint density at radius 2 is 2.17 bits per heavy atom. The zero-order valence-corrected chi connectivity index (χ0v) is 11.4. The van der Waals surface area contributed by atoms with Gasteiger partial charge >= 0.3 is 0 Å². The van der Waals surface area contributed by atoms with Gasteiger partial charge in [0.2, 0.25) is 0 Å². The van der Waals surface area contributed by atoms with Crippen molar-refractivity contribution in [2.45, 2.75) is 33.2 Å². The van der Waals surface area contributed by atoms with E-state index in [2.05, 4.69) is 30.1 Å². The van der Waals surface area contributed by atoms with Crippen LogP contribution in [0.2, 0.25) is 0 Å². The lowest BCUT2D eigenvalue weighted by Gasteiger charge is -2.19. The van der Waals surface area contributed by atoms with Crippen LogP contribution >= 0.6 is 0 Å². The Morgan fingerprint density at radius 3 is 2.83 bits per heavy atom. The van der Waals surface area contributed by atoms with Crippen molar-refractivity contribution in [1.29, 1.82) is 0 Å². The summed E-state index contributed by atoms with van der Waals surface area (Å²) in [6.45, 7) is 8.08. The summed E-state index contributed by atoms with van der Waals surface area (Å²) in [4.78, 5) is 2.31. The van der Waals surface area contributed by atoms with Gasteiger partial charge in [-0.25, -0.2) is 4.39 Å². The molecular weight excluding hydrogens is 227 g/mol. The summed E-state index contributed by atoms with van der Waals surface area (Å²) in [7, 11) is 0. The Kier molecular flexibility index (Phi) is 4.59. The third-order valence-electron chi connectivity index (χ3n) is 3.75. The molecule has 1 N–H and O–H groups in total. The fraction of sp³-hybridized carbons (Fsp3) is 0.600.